The molecule has 3 fully saturated rings. The van der Waals surface area contributed by atoms with E-state index in [0.29, 0.717) is 97.4 Å². The number of rotatable bonds is 18. The topological polar surface area (TPSA) is 171 Å². The van der Waals surface area contributed by atoms with E-state index in [1.54, 1.807) is 14.7 Å². The molecule has 470 valence electrons. The smallest absolute Gasteiger partial charge is 0.410 e. The minimum atomic E-state index is -0.706. The standard InChI is InChI=1S/C69H102N4O12/c1-64(2,3)80-58(74)55(52-28-31-71(43-52)61(77)83-67(10,11)12)37-46-22-19-25-49(34-46)40-70(41-50-26-20-23-47(35-50)38-56(59(75)81-65(4,5)6)53-29-32-72(44-53)62(78)84-68(13,14)15)42-51-27-21-24-48(36-51)39-57(60(76)82-66(7,8)9)54-30-33-73(45-54)63(79)85-69(16,17)18/h19-27,34-36,52-57H,28-33,37-45H2,1-18H3/t52-,53-,54-,55-,56-,57-/m0/s1. The van der Waals surface area contributed by atoms with E-state index in [1.807, 2.05) is 143 Å². The molecular weight excluding hydrogens is 1080 g/mol. The molecule has 3 aliphatic rings. The molecule has 6 rings (SSSR count). The summed E-state index contributed by atoms with van der Waals surface area (Å²) in [5.41, 5.74) is 1.97. The van der Waals surface area contributed by atoms with Gasteiger partial charge in [0.2, 0.25) is 0 Å². The summed E-state index contributed by atoms with van der Waals surface area (Å²) in [4.78, 5) is 89.7. The van der Waals surface area contributed by atoms with Crippen LogP contribution in [0.5, 0.6) is 0 Å². The van der Waals surface area contributed by atoms with Gasteiger partial charge in [0.25, 0.3) is 0 Å². The molecule has 3 amide bonds. The van der Waals surface area contributed by atoms with Crippen molar-refractivity contribution in [3.63, 3.8) is 0 Å². The second kappa shape index (κ2) is 27.7. The normalized spacial score (nSPS) is 19.1. The van der Waals surface area contributed by atoms with E-state index in [2.05, 4.69) is 59.5 Å². The Hall–Kier alpha value is -6.16. The lowest BCUT2D eigenvalue weighted by molar-refractivity contribution is -0.163. The van der Waals surface area contributed by atoms with Crippen LogP contribution in [0, 0.1) is 35.5 Å². The first kappa shape index (κ1) is 68.0. The molecule has 3 heterocycles. The van der Waals surface area contributed by atoms with Crippen LogP contribution in [0.1, 0.15) is 177 Å². The Balaban J connectivity index is 1.31. The van der Waals surface area contributed by atoms with Gasteiger partial charge in [0, 0.05) is 58.9 Å². The fourth-order valence-electron chi connectivity index (χ4n) is 11.6. The molecule has 6 atom stereocenters. The minimum Gasteiger partial charge on any atom is -0.460 e. The van der Waals surface area contributed by atoms with Crippen LogP contribution in [0.15, 0.2) is 72.8 Å². The number of amides is 3. The second-order valence-electron chi connectivity index (χ2n) is 30.1. The number of carbonyl (C=O) groups excluding carboxylic acids is 6. The monoisotopic (exact) mass is 1180 g/mol. The molecule has 0 aromatic heterocycles. The number of hydrogen-bond donors (Lipinski definition) is 0. The van der Waals surface area contributed by atoms with Crippen molar-refractivity contribution in [1.29, 1.82) is 0 Å². The summed E-state index contributed by atoms with van der Waals surface area (Å²) in [5.74, 6) is -2.81. The Morgan fingerprint density at radius 2 is 0.600 bits per heavy atom. The molecule has 0 saturated carbocycles. The fourth-order valence-corrected chi connectivity index (χ4v) is 11.6. The molecule has 16 heteroatoms. The number of likely N-dealkylation sites (tertiary alicyclic amines) is 3. The molecule has 3 aliphatic heterocycles. The molecule has 3 aromatic carbocycles. The molecule has 0 unspecified atom stereocenters. The lowest BCUT2D eigenvalue weighted by atomic mass is 9.85. The molecule has 0 spiro atoms. The van der Waals surface area contributed by atoms with Gasteiger partial charge in [0.1, 0.15) is 33.6 Å². The summed E-state index contributed by atoms with van der Waals surface area (Å²) in [6.45, 7) is 37.7. The van der Waals surface area contributed by atoms with E-state index in [9.17, 15) is 28.8 Å². The Bertz CT molecular complexity index is 2490. The van der Waals surface area contributed by atoms with Crippen LogP contribution in [-0.4, -0.2) is 129 Å². The SMILES string of the molecule is CC(C)(C)OC(=O)[C@@H](Cc1cccc(CN(Cc2cccc(C[C@H](C(=O)OC(C)(C)C)[C@H]3CCN(C(=O)OC(C)(C)C)C3)c2)Cc2cccc(C[C@H](C(=O)OC(C)(C)C)[C@H]3CCN(C(=O)OC(C)(C)C)C3)c2)c1)[C@H]1CCN(C(=O)OC(C)(C)C)C1. The zero-order valence-electron chi connectivity index (χ0n) is 54.7. The average molecular weight is 1180 g/mol. The van der Waals surface area contributed by atoms with Crippen molar-refractivity contribution in [2.75, 3.05) is 39.3 Å². The summed E-state index contributed by atoms with van der Waals surface area (Å²) < 4.78 is 35.4. The first-order valence-electron chi connectivity index (χ1n) is 30.8. The summed E-state index contributed by atoms with van der Waals surface area (Å²) in [5, 5.41) is 0. The molecule has 0 N–H and O–H groups in total. The first-order chi connectivity index (χ1) is 39.2. The van der Waals surface area contributed by atoms with Crippen LogP contribution >= 0.6 is 0 Å². The van der Waals surface area contributed by atoms with Gasteiger partial charge in [0.15, 0.2) is 0 Å². The van der Waals surface area contributed by atoms with Crippen LogP contribution < -0.4 is 0 Å². The molecule has 16 nitrogen and oxygen atoms in total. The number of esters is 3. The van der Waals surface area contributed by atoms with Crippen LogP contribution in [0.2, 0.25) is 0 Å². The van der Waals surface area contributed by atoms with Gasteiger partial charge in [0.05, 0.1) is 17.8 Å². The van der Waals surface area contributed by atoms with Gasteiger partial charge in [-0.1, -0.05) is 72.8 Å². The molecule has 0 aliphatic carbocycles. The van der Waals surface area contributed by atoms with Gasteiger partial charge < -0.3 is 43.1 Å². The highest BCUT2D eigenvalue weighted by atomic mass is 16.6. The van der Waals surface area contributed by atoms with Crippen LogP contribution in [0.25, 0.3) is 0 Å². The summed E-state index contributed by atoms with van der Waals surface area (Å²) in [7, 11) is 0. The largest absolute Gasteiger partial charge is 0.460 e. The molecule has 3 aromatic rings. The van der Waals surface area contributed by atoms with Crippen molar-refractivity contribution in [1.82, 2.24) is 19.6 Å². The number of hydrogen-bond acceptors (Lipinski definition) is 13. The van der Waals surface area contributed by atoms with E-state index in [4.69, 9.17) is 28.4 Å². The lowest BCUT2D eigenvalue weighted by Crippen LogP contribution is -2.38. The minimum absolute atomic E-state index is 0.137. The fraction of sp³-hybridized carbons (Fsp3) is 0.652. The quantitative estimate of drug-likeness (QED) is 0.0871. The van der Waals surface area contributed by atoms with Crippen molar-refractivity contribution in [3.05, 3.63) is 106 Å². The van der Waals surface area contributed by atoms with Crippen molar-refractivity contribution in [3.8, 4) is 0 Å². The highest BCUT2D eigenvalue weighted by Crippen LogP contribution is 2.35. The predicted molar refractivity (Wildman–Crippen MR) is 329 cm³/mol. The predicted octanol–water partition coefficient (Wildman–Crippen LogP) is 13.2. The lowest BCUT2D eigenvalue weighted by Gasteiger charge is -2.29. The number of ether oxygens (including phenoxy) is 6. The molecule has 0 bridgehead atoms. The van der Waals surface area contributed by atoms with Crippen molar-refractivity contribution in [2.24, 2.45) is 35.5 Å². The van der Waals surface area contributed by atoms with Crippen molar-refractivity contribution < 1.29 is 57.2 Å². The third kappa shape index (κ3) is 22.6. The maximum atomic E-state index is 14.2. The molecule has 85 heavy (non-hydrogen) atoms. The number of carbonyl (C=O) groups is 6. The van der Waals surface area contributed by atoms with Crippen LogP contribution in [0.4, 0.5) is 14.4 Å². The van der Waals surface area contributed by atoms with E-state index < -0.39 is 51.4 Å². The third-order valence-corrected chi connectivity index (χ3v) is 15.0. The molecule has 0 radical (unpaired) electrons. The van der Waals surface area contributed by atoms with Gasteiger partial charge in [-0.3, -0.25) is 19.3 Å². The zero-order chi connectivity index (χ0) is 63.0. The summed E-state index contributed by atoms with van der Waals surface area (Å²) in [6.07, 6.45) is 2.03. The third-order valence-electron chi connectivity index (χ3n) is 15.0. The van der Waals surface area contributed by atoms with Gasteiger partial charge >= 0.3 is 36.2 Å². The maximum absolute atomic E-state index is 14.2. The van der Waals surface area contributed by atoms with Gasteiger partial charge in [-0.15, -0.1) is 0 Å². The number of benzene rings is 3. The highest BCUT2D eigenvalue weighted by molar-refractivity contribution is 5.76. The highest BCUT2D eigenvalue weighted by Gasteiger charge is 2.42. The number of nitrogens with zero attached hydrogens (tertiary/aromatic N) is 4. The van der Waals surface area contributed by atoms with E-state index in [0.717, 1.165) is 33.4 Å². The van der Waals surface area contributed by atoms with Crippen LogP contribution in [0.3, 0.4) is 0 Å². The summed E-state index contributed by atoms with van der Waals surface area (Å²) in [6, 6.07) is 25.1. The first-order valence-corrected chi connectivity index (χ1v) is 30.8. The van der Waals surface area contributed by atoms with Crippen LogP contribution in [-0.2, 0) is 81.7 Å². The van der Waals surface area contributed by atoms with Gasteiger partial charge in [-0.05, 0) is 214 Å². The van der Waals surface area contributed by atoms with Crippen molar-refractivity contribution >= 4 is 36.2 Å². The Morgan fingerprint density at radius 1 is 0.376 bits per heavy atom. The Morgan fingerprint density at radius 3 is 0.824 bits per heavy atom. The van der Waals surface area contributed by atoms with Crippen molar-refractivity contribution in [2.45, 2.75) is 216 Å². The Kier molecular flexibility index (Phi) is 22.1. The van der Waals surface area contributed by atoms with E-state index >= 15 is 0 Å². The Labute approximate surface area is 508 Å². The van der Waals surface area contributed by atoms with E-state index in [-0.39, 0.29) is 53.9 Å². The molecular formula is C69H102N4O12. The average Bonchev–Trinajstić information content (AvgIpc) is 4.37. The van der Waals surface area contributed by atoms with Gasteiger partial charge in [-0.2, -0.15) is 0 Å². The maximum Gasteiger partial charge on any atom is 0.410 e. The second-order valence-corrected chi connectivity index (χ2v) is 30.1. The van der Waals surface area contributed by atoms with Gasteiger partial charge in [-0.25, -0.2) is 14.4 Å². The zero-order valence-corrected chi connectivity index (χ0v) is 54.7. The van der Waals surface area contributed by atoms with E-state index in [1.165, 1.54) is 0 Å². The summed E-state index contributed by atoms with van der Waals surface area (Å²) >= 11 is 0. The molecule has 3 saturated heterocycles.